The Hall–Kier alpha value is -2.62. The third kappa shape index (κ3) is 4.08. The molecule has 1 amide bonds. The molecule has 2 N–H and O–H groups in total. The van der Waals surface area contributed by atoms with Crippen LogP contribution in [0.5, 0.6) is 0 Å². The number of rotatable bonds is 7. The molecule has 0 radical (unpaired) electrons. The lowest BCUT2D eigenvalue weighted by Gasteiger charge is -2.15. The Balaban J connectivity index is 1.78. The van der Waals surface area contributed by atoms with Gasteiger partial charge in [-0.15, -0.1) is 0 Å². The maximum atomic E-state index is 12.5. The summed E-state index contributed by atoms with van der Waals surface area (Å²) in [5.74, 6) is 1.00. The summed E-state index contributed by atoms with van der Waals surface area (Å²) < 4.78 is 0. The highest BCUT2D eigenvalue weighted by molar-refractivity contribution is 5.93. The molecule has 0 aliphatic carbocycles. The molecule has 0 fully saturated rings. The highest BCUT2D eigenvalue weighted by Gasteiger charge is 2.16. The molecule has 1 heterocycles. The highest BCUT2D eigenvalue weighted by atomic mass is 16.1. The van der Waals surface area contributed by atoms with E-state index < -0.39 is 0 Å². The molecular formula is C21H25N3O. The average Bonchev–Trinajstić information content (AvgIpc) is 3.07. The summed E-state index contributed by atoms with van der Waals surface area (Å²) in [7, 11) is 0. The summed E-state index contributed by atoms with van der Waals surface area (Å²) in [6.45, 7) is 4.23. The van der Waals surface area contributed by atoms with Crippen molar-refractivity contribution in [3.8, 4) is 11.4 Å². The topological polar surface area (TPSA) is 57.8 Å². The minimum absolute atomic E-state index is 0.0785. The van der Waals surface area contributed by atoms with Crippen LogP contribution < -0.4 is 5.32 Å². The van der Waals surface area contributed by atoms with Gasteiger partial charge in [0.25, 0.3) is 0 Å². The van der Waals surface area contributed by atoms with Crippen molar-refractivity contribution in [1.82, 2.24) is 9.97 Å². The molecule has 2 aromatic carbocycles. The van der Waals surface area contributed by atoms with Gasteiger partial charge in [-0.1, -0.05) is 51.0 Å². The predicted molar refractivity (Wildman–Crippen MR) is 103 cm³/mol. The zero-order valence-corrected chi connectivity index (χ0v) is 14.9. The summed E-state index contributed by atoms with van der Waals surface area (Å²) in [5, 5.41) is 3.07. The first-order valence-corrected chi connectivity index (χ1v) is 9.07. The summed E-state index contributed by atoms with van der Waals surface area (Å²) in [4.78, 5) is 20.5. The Bertz CT molecular complexity index is 820. The molecule has 0 saturated carbocycles. The Morgan fingerprint density at radius 3 is 2.76 bits per heavy atom. The van der Waals surface area contributed by atoms with E-state index in [-0.39, 0.29) is 11.8 Å². The van der Waals surface area contributed by atoms with E-state index in [9.17, 15) is 4.79 Å². The Kier molecular flexibility index (Phi) is 5.49. The number of benzene rings is 2. The molecule has 4 nitrogen and oxygen atoms in total. The van der Waals surface area contributed by atoms with Crippen LogP contribution in [0.15, 0.2) is 48.5 Å². The molecule has 0 saturated heterocycles. The number of hydrogen-bond acceptors (Lipinski definition) is 2. The van der Waals surface area contributed by atoms with Crippen LogP contribution in [0.4, 0.5) is 5.69 Å². The Morgan fingerprint density at radius 1 is 1.16 bits per heavy atom. The molecule has 3 aromatic rings. The molecule has 0 aliphatic rings. The molecule has 130 valence electrons. The van der Waals surface area contributed by atoms with Crippen molar-refractivity contribution in [2.75, 3.05) is 5.32 Å². The van der Waals surface area contributed by atoms with Gasteiger partial charge < -0.3 is 10.3 Å². The first-order chi connectivity index (χ1) is 12.2. The van der Waals surface area contributed by atoms with Gasteiger partial charge in [0.1, 0.15) is 5.82 Å². The van der Waals surface area contributed by atoms with Gasteiger partial charge >= 0.3 is 0 Å². The summed E-state index contributed by atoms with van der Waals surface area (Å²) >= 11 is 0. The summed E-state index contributed by atoms with van der Waals surface area (Å²) in [5.41, 5.74) is 3.74. The molecule has 1 aromatic heterocycles. The van der Waals surface area contributed by atoms with Crippen molar-refractivity contribution in [1.29, 1.82) is 0 Å². The van der Waals surface area contributed by atoms with Gasteiger partial charge in [-0.2, -0.15) is 0 Å². The standard InChI is InChI=1S/C21H25N3O/c1-3-5-9-15(4-2)21(25)22-17-11-8-10-16(14-17)20-23-18-12-6-7-13-19(18)24-20/h6-8,10-15H,3-5,9H2,1-2H3,(H,22,25)(H,23,24)/t15-/m1/s1. The normalized spacial score (nSPS) is 12.2. The predicted octanol–water partition coefficient (Wildman–Crippen LogP) is 5.38. The number of nitrogens with zero attached hydrogens (tertiary/aromatic N) is 1. The van der Waals surface area contributed by atoms with Crippen molar-refractivity contribution >= 4 is 22.6 Å². The second-order valence-electron chi connectivity index (χ2n) is 6.42. The number of carbonyl (C=O) groups excluding carboxylic acids is 1. The number of aromatic nitrogens is 2. The van der Waals surface area contributed by atoms with Gasteiger partial charge in [-0.05, 0) is 37.1 Å². The van der Waals surface area contributed by atoms with E-state index in [2.05, 4.69) is 29.1 Å². The van der Waals surface area contributed by atoms with E-state index in [1.165, 1.54) is 0 Å². The van der Waals surface area contributed by atoms with Crippen molar-refractivity contribution in [2.24, 2.45) is 5.92 Å². The number of aromatic amines is 1. The van der Waals surface area contributed by atoms with Gasteiger partial charge in [0, 0.05) is 17.2 Å². The van der Waals surface area contributed by atoms with Crippen molar-refractivity contribution < 1.29 is 4.79 Å². The molecule has 0 unspecified atom stereocenters. The summed E-state index contributed by atoms with van der Waals surface area (Å²) in [6, 6.07) is 15.8. The fraction of sp³-hybridized carbons (Fsp3) is 0.333. The van der Waals surface area contributed by atoms with Gasteiger partial charge in [0.2, 0.25) is 5.91 Å². The molecule has 25 heavy (non-hydrogen) atoms. The number of para-hydroxylation sites is 2. The first kappa shape index (κ1) is 17.2. The number of carbonyl (C=O) groups is 1. The zero-order chi connectivity index (χ0) is 17.6. The minimum Gasteiger partial charge on any atom is -0.338 e. The number of H-pyrrole nitrogens is 1. The number of anilines is 1. The van der Waals surface area contributed by atoms with Crippen LogP contribution in [0.3, 0.4) is 0 Å². The van der Waals surface area contributed by atoms with Gasteiger partial charge in [0.05, 0.1) is 11.0 Å². The fourth-order valence-electron chi connectivity index (χ4n) is 3.05. The maximum Gasteiger partial charge on any atom is 0.227 e. The summed E-state index contributed by atoms with van der Waals surface area (Å²) in [6.07, 6.45) is 4.02. The van der Waals surface area contributed by atoms with E-state index in [4.69, 9.17) is 0 Å². The zero-order valence-electron chi connectivity index (χ0n) is 14.9. The molecule has 0 spiro atoms. The maximum absolute atomic E-state index is 12.5. The van der Waals surface area contributed by atoms with Gasteiger partial charge in [0.15, 0.2) is 0 Å². The third-order valence-electron chi connectivity index (χ3n) is 4.56. The molecule has 1 atom stereocenters. The van der Waals surface area contributed by atoms with Gasteiger partial charge in [-0.25, -0.2) is 4.98 Å². The number of fused-ring (bicyclic) bond motifs is 1. The monoisotopic (exact) mass is 335 g/mol. The van der Waals surface area contributed by atoms with Crippen LogP contribution in [0, 0.1) is 5.92 Å². The number of hydrogen-bond donors (Lipinski definition) is 2. The second kappa shape index (κ2) is 7.97. The van der Waals surface area contributed by atoms with Crippen molar-refractivity contribution in [2.45, 2.75) is 39.5 Å². The average molecular weight is 335 g/mol. The second-order valence-corrected chi connectivity index (χ2v) is 6.42. The van der Waals surface area contributed by atoms with Crippen LogP contribution in [0.2, 0.25) is 0 Å². The SMILES string of the molecule is CCCC[C@@H](CC)C(=O)Nc1cccc(-c2nc3ccccc3[nH]2)c1. The lowest BCUT2D eigenvalue weighted by molar-refractivity contribution is -0.120. The lowest BCUT2D eigenvalue weighted by atomic mass is 9.98. The molecular weight excluding hydrogens is 310 g/mol. The highest BCUT2D eigenvalue weighted by Crippen LogP contribution is 2.24. The van der Waals surface area contributed by atoms with Crippen LogP contribution in [-0.2, 0) is 4.79 Å². The number of unbranched alkanes of at least 4 members (excludes halogenated alkanes) is 1. The number of amides is 1. The Morgan fingerprint density at radius 2 is 2.00 bits per heavy atom. The van der Waals surface area contributed by atoms with Crippen molar-refractivity contribution in [3.05, 3.63) is 48.5 Å². The number of nitrogens with one attached hydrogen (secondary N) is 2. The molecule has 0 bridgehead atoms. The quantitative estimate of drug-likeness (QED) is 0.608. The fourth-order valence-corrected chi connectivity index (χ4v) is 3.05. The van der Waals surface area contributed by atoms with E-state index in [0.717, 1.165) is 53.8 Å². The van der Waals surface area contributed by atoms with E-state index in [1.54, 1.807) is 0 Å². The lowest BCUT2D eigenvalue weighted by Crippen LogP contribution is -2.22. The minimum atomic E-state index is 0.0785. The van der Waals surface area contributed by atoms with Crippen LogP contribution in [-0.4, -0.2) is 15.9 Å². The van der Waals surface area contributed by atoms with E-state index >= 15 is 0 Å². The third-order valence-corrected chi connectivity index (χ3v) is 4.56. The number of imidazole rings is 1. The molecule has 4 heteroatoms. The van der Waals surface area contributed by atoms with Crippen molar-refractivity contribution in [3.63, 3.8) is 0 Å². The van der Waals surface area contributed by atoms with Crippen LogP contribution in [0.1, 0.15) is 39.5 Å². The van der Waals surface area contributed by atoms with Gasteiger partial charge in [-0.3, -0.25) is 4.79 Å². The Labute approximate surface area is 148 Å². The van der Waals surface area contributed by atoms with E-state index in [0.29, 0.717) is 0 Å². The molecule has 3 rings (SSSR count). The van der Waals surface area contributed by atoms with E-state index in [1.807, 2.05) is 48.5 Å². The first-order valence-electron chi connectivity index (χ1n) is 9.07. The van der Waals surface area contributed by atoms with Crippen LogP contribution >= 0.6 is 0 Å². The smallest absolute Gasteiger partial charge is 0.227 e. The van der Waals surface area contributed by atoms with Crippen LogP contribution in [0.25, 0.3) is 22.4 Å². The largest absolute Gasteiger partial charge is 0.338 e. The molecule has 0 aliphatic heterocycles.